The summed E-state index contributed by atoms with van der Waals surface area (Å²) in [5.41, 5.74) is 1.23. The Kier molecular flexibility index (Phi) is 5.28. The van der Waals surface area contributed by atoms with Crippen molar-refractivity contribution in [2.45, 2.75) is 13.0 Å². The van der Waals surface area contributed by atoms with Crippen LogP contribution in [0.25, 0.3) is 0 Å². The number of aromatic nitrogens is 2. The van der Waals surface area contributed by atoms with Gasteiger partial charge >= 0.3 is 0 Å². The van der Waals surface area contributed by atoms with Gasteiger partial charge in [0.1, 0.15) is 5.75 Å². The number of phenolic OH excluding ortho intramolecular Hbond substituents is 1. The first-order valence-corrected chi connectivity index (χ1v) is 8.07. The molecular formula is C19H18N4O3. The number of carbonyl (C=O) groups excluding carboxylic acids is 2. The second kappa shape index (κ2) is 7.98. The molecule has 3 N–H and O–H groups in total. The van der Waals surface area contributed by atoms with E-state index in [-0.39, 0.29) is 17.6 Å². The van der Waals surface area contributed by atoms with Gasteiger partial charge in [-0.25, -0.2) is 4.98 Å². The fourth-order valence-corrected chi connectivity index (χ4v) is 2.39. The van der Waals surface area contributed by atoms with Crippen LogP contribution >= 0.6 is 0 Å². The molecule has 1 heterocycles. The molecule has 132 valence electrons. The topological polar surface area (TPSA) is 96.2 Å². The second-order valence-corrected chi connectivity index (χ2v) is 5.65. The van der Waals surface area contributed by atoms with E-state index < -0.39 is 0 Å². The maximum atomic E-state index is 12.3. The molecule has 0 aliphatic heterocycles. The highest BCUT2D eigenvalue weighted by atomic mass is 16.3. The Morgan fingerprint density at radius 3 is 2.69 bits per heavy atom. The van der Waals surface area contributed by atoms with Gasteiger partial charge in [0, 0.05) is 36.6 Å². The van der Waals surface area contributed by atoms with Crippen molar-refractivity contribution in [3.63, 3.8) is 0 Å². The van der Waals surface area contributed by atoms with E-state index in [1.807, 2.05) is 4.57 Å². The van der Waals surface area contributed by atoms with Crippen molar-refractivity contribution in [2.24, 2.45) is 0 Å². The summed E-state index contributed by atoms with van der Waals surface area (Å²) in [4.78, 5) is 28.3. The number of nitrogens with one attached hydrogen (secondary N) is 2. The van der Waals surface area contributed by atoms with Gasteiger partial charge in [0.25, 0.3) is 5.91 Å². The summed E-state index contributed by atoms with van der Waals surface area (Å²) in [6, 6.07) is 13.1. The van der Waals surface area contributed by atoms with E-state index in [1.165, 1.54) is 6.07 Å². The van der Waals surface area contributed by atoms with Crippen LogP contribution in [0.2, 0.25) is 0 Å². The lowest BCUT2D eigenvalue weighted by Gasteiger charge is -2.09. The van der Waals surface area contributed by atoms with E-state index in [0.717, 1.165) is 0 Å². The van der Waals surface area contributed by atoms with Crippen molar-refractivity contribution in [3.05, 3.63) is 72.8 Å². The molecule has 7 heteroatoms. The average Bonchev–Trinajstić information content (AvgIpc) is 3.16. The summed E-state index contributed by atoms with van der Waals surface area (Å²) in [6.07, 6.45) is 5.39. The fourth-order valence-electron chi connectivity index (χ4n) is 2.39. The van der Waals surface area contributed by atoms with E-state index in [9.17, 15) is 14.7 Å². The molecule has 2 aromatic carbocycles. The first kappa shape index (κ1) is 17.2. The third kappa shape index (κ3) is 4.47. The third-order valence-electron chi connectivity index (χ3n) is 3.72. The van der Waals surface area contributed by atoms with E-state index in [4.69, 9.17) is 0 Å². The van der Waals surface area contributed by atoms with Gasteiger partial charge < -0.3 is 20.3 Å². The first-order valence-electron chi connectivity index (χ1n) is 8.07. The molecule has 7 nitrogen and oxygen atoms in total. The zero-order valence-corrected chi connectivity index (χ0v) is 13.9. The van der Waals surface area contributed by atoms with Gasteiger partial charge in [-0.1, -0.05) is 18.2 Å². The number of rotatable bonds is 6. The number of aryl methyl sites for hydroxylation is 1. The van der Waals surface area contributed by atoms with Crippen LogP contribution in [0.5, 0.6) is 5.75 Å². The number of nitrogens with zero attached hydrogens (tertiary/aromatic N) is 2. The maximum Gasteiger partial charge on any atom is 0.255 e. The molecule has 0 unspecified atom stereocenters. The predicted octanol–water partition coefficient (Wildman–Crippen LogP) is 2.87. The number of amides is 2. The number of phenols is 1. The predicted molar refractivity (Wildman–Crippen MR) is 98.0 cm³/mol. The molecule has 0 bridgehead atoms. The molecule has 0 saturated carbocycles. The van der Waals surface area contributed by atoms with Gasteiger partial charge in [0.05, 0.1) is 12.0 Å². The molecule has 2 amide bonds. The molecule has 3 rings (SSSR count). The lowest BCUT2D eigenvalue weighted by atomic mass is 10.1. The van der Waals surface area contributed by atoms with Crippen LogP contribution in [0, 0.1) is 0 Å². The Balaban J connectivity index is 1.61. The average molecular weight is 350 g/mol. The zero-order valence-electron chi connectivity index (χ0n) is 13.9. The van der Waals surface area contributed by atoms with Crippen molar-refractivity contribution in [1.82, 2.24) is 9.55 Å². The van der Waals surface area contributed by atoms with Gasteiger partial charge in [-0.2, -0.15) is 0 Å². The van der Waals surface area contributed by atoms with Crippen molar-refractivity contribution < 1.29 is 14.7 Å². The van der Waals surface area contributed by atoms with E-state index >= 15 is 0 Å². The van der Waals surface area contributed by atoms with Crippen LogP contribution in [-0.4, -0.2) is 26.5 Å². The van der Waals surface area contributed by atoms with E-state index in [1.54, 1.807) is 61.2 Å². The fraction of sp³-hybridized carbons (Fsp3) is 0.105. The molecule has 0 fully saturated rings. The standard InChI is InChI=1S/C19H18N4O3/c24-17-7-2-1-6-16(17)22-19(26)14-4-3-5-15(12-14)21-18(25)8-10-23-11-9-20-13-23/h1-7,9,11-13,24H,8,10H2,(H,21,25)(H,22,26). The minimum Gasteiger partial charge on any atom is -0.506 e. The minimum absolute atomic E-state index is 0.00944. The van der Waals surface area contributed by atoms with Crippen LogP contribution in [0.1, 0.15) is 16.8 Å². The number of hydrogen-bond acceptors (Lipinski definition) is 4. The first-order chi connectivity index (χ1) is 12.6. The molecule has 0 radical (unpaired) electrons. The molecular weight excluding hydrogens is 332 g/mol. The van der Waals surface area contributed by atoms with Crippen molar-refractivity contribution in [2.75, 3.05) is 10.6 Å². The van der Waals surface area contributed by atoms with Gasteiger partial charge in [-0.05, 0) is 30.3 Å². The zero-order chi connectivity index (χ0) is 18.4. The number of anilines is 2. The summed E-state index contributed by atoms with van der Waals surface area (Å²) in [7, 11) is 0. The maximum absolute atomic E-state index is 12.3. The summed E-state index contributed by atoms with van der Waals surface area (Å²) >= 11 is 0. The SMILES string of the molecule is O=C(CCn1ccnc1)Nc1cccc(C(=O)Nc2ccccc2O)c1. The number of hydrogen-bond donors (Lipinski definition) is 3. The number of imidazole rings is 1. The third-order valence-corrected chi connectivity index (χ3v) is 3.72. The van der Waals surface area contributed by atoms with Gasteiger partial charge in [-0.15, -0.1) is 0 Å². The Labute approximate surface area is 150 Å². The number of aromatic hydroxyl groups is 1. The molecule has 0 atom stereocenters. The quantitative estimate of drug-likeness (QED) is 0.596. The lowest BCUT2D eigenvalue weighted by molar-refractivity contribution is -0.116. The van der Waals surface area contributed by atoms with E-state index in [0.29, 0.717) is 29.9 Å². The summed E-state index contributed by atoms with van der Waals surface area (Å²) < 4.78 is 1.82. The van der Waals surface area contributed by atoms with E-state index in [2.05, 4.69) is 15.6 Å². The Morgan fingerprint density at radius 2 is 1.92 bits per heavy atom. The lowest BCUT2D eigenvalue weighted by Crippen LogP contribution is -2.15. The van der Waals surface area contributed by atoms with Crippen molar-refractivity contribution in [1.29, 1.82) is 0 Å². The number of benzene rings is 2. The molecule has 0 aliphatic rings. The molecule has 26 heavy (non-hydrogen) atoms. The van der Waals surface area contributed by atoms with Crippen molar-refractivity contribution >= 4 is 23.2 Å². The largest absolute Gasteiger partial charge is 0.506 e. The van der Waals surface area contributed by atoms with Crippen molar-refractivity contribution in [3.8, 4) is 5.75 Å². The highest BCUT2D eigenvalue weighted by molar-refractivity contribution is 6.06. The Bertz CT molecular complexity index is 907. The molecule has 1 aromatic heterocycles. The van der Waals surface area contributed by atoms with Gasteiger partial charge in [0.15, 0.2) is 0 Å². The van der Waals surface area contributed by atoms with Crippen LogP contribution in [-0.2, 0) is 11.3 Å². The number of para-hydroxylation sites is 2. The van der Waals surface area contributed by atoms with Crippen LogP contribution in [0.4, 0.5) is 11.4 Å². The van der Waals surface area contributed by atoms with Gasteiger partial charge in [-0.3, -0.25) is 9.59 Å². The Morgan fingerprint density at radius 1 is 1.08 bits per heavy atom. The second-order valence-electron chi connectivity index (χ2n) is 5.65. The normalized spacial score (nSPS) is 10.3. The van der Waals surface area contributed by atoms with Crippen LogP contribution in [0.3, 0.4) is 0 Å². The summed E-state index contributed by atoms with van der Waals surface area (Å²) in [5.74, 6) is -0.539. The van der Waals surface area contributed by atoms with Gasteiger partial charge in [0.2, 0.25) is 5.91 Å². The van der Waals surface area contributed by atoms with Crippen LogP contribution in [0.15, 0.2) is 67.3 Å². The monoisotopic (exact) mass is 350 g/mol. The molecule has 0 spiro atoms. The summed E-state index contributed by atoms with van der Waals surface area (Å²) in [6.45, 7) is 0.527. The molecule has 0 saturated heterocycles. The molecule has 0 aliphatic carbocycles. The molecule has 3 aromatic rings. The highest BCUT2D eigenvalue weighted by Crippen LogP contribution is 2.22. The van der Waals surface area contributed by atoms with Crippen LogP contribution < -0.4 is 10.6 Å². The smallest absolute Gasteiger partial charge is 0.255 e. The number of carbonyl (C=O) groups is 2. The minimum atomic E-state index is -0.374. The highest BCUT2D eigenvalue weighted by Gasteiger charge is 2.10. The Hall–Kier alpha value is -3.61. The summed E-state index contributed by atoms with van der Waals surface area (Å²) in [5, 5.41) is 15.2.